The van der Waals surface area contributed by atoms with Crippen molar-refractivity contribution in [3.63, 3.8) is 0 Å². The summed E-state index contributed by atoms with van der Waals surface area (Å²) in [4.78, 5) is 4.02. The third-order valence-electron chi connectivity index (χ3n) is 2.92. The standard InChI is InChI=1S/C14H14N2O/c1-2-13(9-15-6-1)17-10-11-3-4-12-5-7-16-14(12)8-11/h1-4,6,8-9,16H,5,7,10H2. The molecular weight excluding hydrogens is 212 g/mol. The first-order valence-electron chi connectivity index (χ1n) is 5.80. The van der Waals surface area contributed by atoms with E-state index in [0.29, 0.717) is 6.61 Å². The molecule has 1 aliphatic heterocycles. The highest BCUT2D eigenvalue weighted by molar-refractivity contribution is 5.56. The Balaban J connectivity index is 1.70. The van der Waals surface area contributed by atoms with Gasteiger partial charge in [0.05, 0.1) is 6.20 Å². The molecule has 3 rings (SSSR count). The first-order chi connectivity index (χ1) is 8.42. The van der Waals surface area contributed by atoms with Crippen LogP contribution in [0.5, 0.6) is 5.75 Å². The molecule has 0 radical (unpaired) electrons. The molecule has 1 N–H and O–H groups in total. The molecule has 3 heteroatoms. The Labute approximate surface area is 100 Å². The van der Waals surface area contributed by atoms with Crippen molar-refractivity contribution in [3.05, 3.63) is 53.9 Å². The molecule has 86 valence electrons. The van der Waals surface area contributed by atoms with Gasteiger partial charge in [0.1, 0.15) is 12.4 Å². The minimum Gasteiger partial charge on any atom is -0.487 e. The molecule has 0 fully saturated rings. The highest BCUT2D eigenvalue weighted by Gasteiger charge is 2.09. The van der Waals surface area contributed by atoms with E-state index in [9.17, 15) is 0 Å². The molecule has 0 aliphatic carbocycles. The van der Waals surface area contributed by atoms with E-state index >= 15 is 0 Å². The third-order valence-corrected chi connectivity index (χ3v) is 2.92. The predicted molar refractivity (Wildman–Crippen MR) is 67.2 cm³/mol. The van der Waals surface area contributed by atoms with Gasteiger partial charge in [0, 0.05) is 18.4 Å². The minimum atomic E-state index is 0.584. The summed E-state index contributed by atoms with van der Waals surface area (Å²) in [5.41, 5.74) is 3.83. The van der Waals surface area contributed by atoms with Crippen LogP contribution in [0, 0.1) is 0 Å². The Morgan fingerprint density at radius 2 is 2.29 bits per heavy atom. The van der Waals surface area contributed by atoms with Crippen molar-refractivity contribution in [2.24, 2.45) is 0 Å². The highest BCUT2D eigenvalue weighted by Crippen LogP contribution is 2.23. The van der Waals surface area contributed by atoms with Crippen LogP contribution in [0.3, 0.4) is 0 Å². The van der Waals surface area contributed by atoms with Gasteiger partial charge in [0.2, 0.25) is 0 Å². The molecule has 0 saturated heterocycles. The summed E-state index contributed by atoms with van der Waals surface area (Å²) < 4.78 is 5.66. The molecular formula is C14H14N2O. The van der Waals surface area contributed by atoms with Gasteiger partial charge in [-0.25, -0.2) is 0 Å². The van der Waals surface area contributed by atoms with Gasteiger partial charge in [0.15, 0.2) is 0 Å². The monoisotopic (exact) mass is 226 g/mol. The summed E-state index contributed by atoms with van der Waals surface area (Å²) in [6.45, 7) is 1.63. The summed E-state index contributed by atoms with van der Waals surface area (Å²) in [5, 5.41) is 3.37. The number of anilines is 1. The van der Waals surface area contributed by atoms with Crippen molar-refractivity contribution in [1.29, 1.82) is 0 Å². The second kappa shape index (κ2) is 4.45. The van der Waals surface area contributed by atoms with E-state index < -0.39 is 0 Å². The number of aromatic nitrogens is 1. The smallest absolute Gasteiger partial charge is 0.138 e. The molecule has 3 nitrogen and oxygen atoms in total. The molecule has 2 heterocycles. The summed E-state index contributed by atoms with van der Waals surface area (Å²) in [6.07, 6.45) is 4.59. The van der Waals surface area contributed by atoms with Crippen molar-refractivity contribution in [3.8, 4) is 5.75 Å². The number of ether oxygens (including phenoxy) is 1. The van der Waals surface area contributed by atoms with Gasteiger partial charge in [-0.05, 0) is 35.7 Å². The maximum Gasteiger partial charge on any atom is 0.138 e. The zero-order valence-electron chi connectivity index (χ0n) is 9.52. The summed E-state index contributed by atoms with van der Waals surface area (Å²) in [7, 11) is 0. The summed E-state index contributed by atoms with van der Waals surface area (Å²) in [5.74, 6) is 0.806. The fourth-order valence-corrected chi connectivity index (χ4v) is 2.03. The van der Waals surface area contributed by atoms with Crippen LogP contribution in [0.2, 0.25) is 0 Å². The highest BCUT2D eigenvalue weighted by atomic mass is 16.5. The zero-order chi connectivity index (χ0) is 11.5. The SMILES string of the molecule is c1cncc(OCc2ccc3c(c2)NCC3)c1. The Hall–Kier alpha value is -2.03. The van der Waals surface area contributed by atoms with Gasteiger partial charge in [-0.15, -0.1) is 0 Å². The lowest BCUT2D eigenvalue weighted by Crippen LogP contribution is -1.97. The Morgan fingerprint density at radius 1 is 1.29 bits per heavy atom. The molecule has 0 atom stereocenters. The summed E-state index contributed by atoms with van der Waals surface area (Å²) >= 11 is 0. The lowest BCUT2D eigenvalue weighted by molar-refractivity contribution is 0.305. The number of rotatable bonds is 3. The first kappa shape index (κ1) is 10.1. The van der Waals surface area contributed by atoms with E-state index in [1.165, 1.54) is 16.8 Å². The molecule has 1 aromatic heterocycles. The predicted octanol–water partition coefficient (Wildman–Crippen LogP) is 2.63. The van der Waals surface area contributed by atoms with Crippen molar-refractivity contribution < 1.29 is 4.74 Å². The van der Waals surface area contributed by atoms with Crippen molar-refractivity contribution in [1.82, 2.24) is 4.98 Å². The van der Waals surface area contributed by atoms with E-state index in [0.717, 1.165) is 18.7 Å². The number of hydrogen-bond acceptors (Lipinski definition) is 3. The van der Waals surface area contributed by atoms with E-state index in [-0.39, 0.29) is 0 Å². The van der Waals surface area contributed by atoms with Crippen LogP contribution >= 0.6 is 0 Å². The van der Waals surface area contributed by atoms with Crippen molar-refractivity contribution in [2.75, 3.05) is 11.9 Å². The van der Waals surface area contributed by atoms with Crippen LogP contribution in [0.25, 0.3) is 0 Å². The number of fused-ring (bicyclic) bond motifs is 1. The van der Waals surface area contributed by atoms with E-state index in [1.54, 1.807) is 12.4 Å². The zero-order valence-corrected chi connectivity index (χ0v) is 9.52. The second-order valence-corrected chi connectivity index (χ2v) is 4.15. The molecule has 0 saturated carbocycles. The Morgan fingerprint density at radius 3 is 3.18 bits per heavy atom. The quantitative estimate of drug-likeness (QED) is 0.873. The van der Waals surface area contributed by atoms with Gasteiger partial charge in [0.25, 0.3) is 0 Å². The van der Waals surface area contributed by atoms with Gasteiger partial charge in [-0.2, -0.15) is 0 Å². The fraction of sp³-hybridized carbons (Fsp3) is 0.214. The molecule has 0 bridgehead atoms. The average molecular weight is 226 g/mol. The van der Waals surface area contributed by atoms with Crippen LogP contribution in [-0.4, -0.2) is 11.5 Å². The van der Waals surface area contributed by atoms with E-state index in [1.807, 2.05) is 12.1 Å². The van der Waals surface area contributed by atoms with Crippen LogP contribution < -0.4 is 10.1 Å². The minimum absolute atomic E-state index is 0.584. The number of pyridine rings is 1. The molecule has 1 aromatic carbocycles. The topological polar surface area (TPSA) is 34.1 Å². The van der Waals surface area contributed by atoms with E-state index in [4.69, 9.17) is 4.74 Å². The molecule has 0 spiro atoms. The maximum absolute atomic E-state index is 5.66. The maximum atomic E-state index is 5.66. The van der Waals surface area contributed by atoms with Crippen molar-refractivity contribution >= 4 is 5.69 Å². The Bertz CT molecular complexity index is 511. The summed E-state index contributed by atoms with van der Waals surface area (Å²) in [6, 6.07) is 10.3. The average Bonchev–Trinajstić information content (AvgIpc) is 2.85. The number of benzene rings is 1. The number of hydrogen-bond donors (Lipinski definition) is 1. The fourth-order valence-electron chi connectivity index (χ4n) is 2.03. The molecule has 17 heavy (non-hydrogen) atoms. The lowest BCUT2D eigenvalue weighted by atomic mass is 10.1. The molecule has 0 unspecified atom stereocenters. The van der Waals surface area contributed by atoms with Gasteiger partial charge in [-0.3, -0.25) is 4.98 Å². The lowest BCUT2D eigenvalue weighted by Gasteiger charge is -2.07. The largest absolute Gasteiger partial charge is 0.487 e. The van der Waals surface area contributed by atoms with Gasteiger partial charge >= 0.3 is 0 Å². The normalized spacial score (nSPS) is 12.9. The Kier molecular flexibility index (Phi) is 2.66. The van der Waals surface area contributed by atoms with Gasteiger partial charge < -0.3 is 10.1 Å². The first-order valence-corrected chi connectivity index (χ1v) is 5.80. The van der Waals surface area contributed by atoms with Crippen LogP contribution in [0.4, 0.5) is 5.69 Å². The number of nitrogens with zero attached hydrogens (tertiary/aromatic N) is 1. The number of nitrogens with one attached hydrogen (secondary N) is 1. The van der Waals surface area contributed by atoms with E-state index in [2.05, 4.69) is 28.5 Å². The van der Waals surface area contributed by atoms with Crippen LogP contribution in [0.1, 0.15) is 11.1 Å². The van der Waals surface area contributed by atoms with Crippen LogP contribution in [0.15, 0.2) is 42.7 Å². The third kappa shape index (κ3) is 2.23. The van der Waals surface area contributed by atoms with Crippen LogP contribution in [-0.2, 0) is 13.0 Å². The molecule has 1 aliphatic rings. The van der Waals surface area contributed by atoms with Crippen molar-refractivity contribution in [2.45, 2.75) is 13.0 Å². The van der Waals surface area contributed by atoms with Gasteiger partial charge in [-0.1, -0.05) is 12.1 Å². The molecule has 2 aromatic rings. The molecule has 0 amide bonds. The second-order valence-electron chi connectivity index (χ2n) is 4.15.